The second-order valence-corrected chi connectivity index (χ2v) is 6.88. The molecular weight excluding hydrogens is 222 g/mol. The van der Waals surface area contributed by atoms with E-state index in [4.69, 9.17) is 4.74 Å². The van der Waals surface area contributed by atoms with E-state index in [1.54, 1.807) is 7.11 Å². The molecule has 0 bridgehead atoms. The molecule has 1 N–H and O–H groups in total. The molecule has 1 aromatic carbocycles. The molecule has 0 aliphatic carbocycles. The van der Waals surface area contributed by atoms with Gasteiger partial charge in [0.05, 0.1) is 7.11 Å². The van der Waals surface area contributed by atoms with Crippen LogP contribution in [-0.4, -0.2) is 12.6 Å². The fourth-order valence-corrected chi connectivity index (χ4v) is 1.74. The highest BCUT2D eigenvalue weighted by atomic mass is 16.5. The molecule has 102 valence electrons. The molecule has 0 aromatic heterocycles. The van der Waals surface area contributed by atoms with Crippen molar-refractivity contribution in [3.05, 3.63) is 29.3 Å². The summed E-state index contributed by atoms with van der Waals surface area (Å²) in [6.07, 6.45) is 0. The topological polar surface area (TPSA) is 21.3 Å². The summed E-state index contributed by atoms with van der Waals surface area (Å²) in [4.78, 5) is 0. The van der Waals surface area contributed by atoms with Gasteiger partial charge in [-0.2, -0.15) is 0 Å². The highest BCUT2D eigenvalue weighted by molar-refractivity contribution is 5.39. The largest absolute Gasteiger partial charge is 0.496 e. The molecule has 1 aromatic rings. The van der Waals surface area contributed by atoms with Crippen LogP contribution in [0.1, 0.15) is 52.7 Å². The van der Waals surface area contributed by atoms with E-state index in [0.717, 1.165) is 12.3 Å². The molecule has 0 saturated heterocycles. The Kier molecular flexibility index (Phi) is 4.44. The van der Waals surface area contributed by atoms with E-state index in [-0.39, 0.29) is 11.0 Å². The van der Waals surface area contributed by atoms with Crippen molar-refractivity contribution in [2.75, 3.05) is 7.11 Å². The number of hydrogen-bond donors (Lipinski definition) is 1. The standard InChI is InChI=1S/C16H27NO/c1-15(2,3)13-8-9-14(18-7)12(10-13)11-17-16(4,5)6/h8-10,17H,11H2,1-7H3. The quantitative estimate of drug-likeness (QED) is 0.877. The summed E-state index contributed by atoms with van der Waals surface area (Å²) in [7, 11) is 1.73. The van der Waals surface area contributed by atoms with Gasteiger partial charge in [-0.15, -0.1) is 0 Å². The molecular formula is C16H27NO. The van der Waals surface area contributed by atoms with Gasteiger partial charge in [0.2, 0.25) is 0 Å². The van der Waals surface area contributed by atoms with E-state index in [0.29, 0.717) is 0 Å². The van der Waals surface area contributed by atoms with Gasteiger partial charge in [-0.25, -0.2) is 0 Å². The molecule has 2 nitrogen and oxygen atoms in total. The van der Waals surface area contributed by atoms with Crippen LogP contribution in [-0.2, 0) is 12.0 Å². The Morgan fingerprint density at radius 3 is 2.11 bits per heavy atom. The van der Waals surface area contributed by atoms with E-state index < -0.39 is 0 Å². The van der Waals surface area contributed by atoms with Crippen LogP contribution < -0.4 is 10.1 Å². The summed E-state index contributed by atoms with van der Waals surface area (Å²) in [5.74, 6) is 0.958. The van der Waals surface area contributed by atoms with Gasteiger partial charge in [0.15, 0.2) is 0 Å². The highest BCUT2D eigenvalue weighted by Crippen LogP contribution is 2.28. The normalized spacial score (nSPS) is 12.6. The summed E-state index contributed by atoms with van der Waals surface area (Å²) in [6.45, 7) is 14.0. The minimum atomic E-state index is 0.114. The monoisotopic (exact) mass is 249 g/mol. The Bertz CT molecular complexity index is 397. The Hall–Kier alpha value is -1.02. The SMILES string of the molecule is COc1ccc(C(C)(C)C)cc1CNC(C)(C)C. The fourth-order valence-electron chi connectivity index (χ4n) is 1.74. The Morgan fingerprint density at radius 2 is 1.67 bits per heavy atom. The molecule has 0 spiro atoms. The van der Waals surface area contributed by atoms with E-state index >= 15 is 0 Å². The van der Waals surface area contributed by atoms with E-state index in [9.17, 15) is 0 Å². The lowest BCUT2D eigenvalue weighted by molar-refractivity contribution is 0.391. The van der Waals surface area contributed by atoms with Crippen LogP contribution in [0.4, 0.5) is 0 Å². The van der Waals surface area contributed by atoms with Crippen molar-refractivity contribution in [3.63, 3.8) is 0 Å². The van der Waals surface area contributed by atoms with Crippen molar-refractivity contribution in [2.24, 2.45) is 0 Å². The van der Waals surface area contributed by atoms with Crippen LogP contribution in [0.15, 0.2) is 18.2 Å². The zero-order valence-electron chi connectivity index (χ0n) is 12.8. The van der Waals surface area contributed by atoms with Gasteiger partial charge in [0, 0.05) is 17.6 Å². The van der Waals surface area contributed by atoms with Gasteiger partial charge >= 0.3 is 0 Å². The first-order valence-electron chi connectivity index (χ1n) is 6.56. The Balaban J connectivity index is 3.00. The molecule has 0 amide bonds. The van der Waals surface area contributed by atoms with Crippen molar-refractivity contribution in [1.82, 2.24) is 5.32 Å². The molecule has 0 fully saturated rings. The highest BCUT2D eigenvalue weighted by Gasteiger charge is 2.17. The Labute approximate surface area is 112 Å². The number of hydrogen-bond acceptors (Lipinski definition) is 2. The third-order valence-corrected chi connectivity index (χ3v) is 2.96. The van der Waals surface area contributed by atoms with Crippen LogP contribution in [0.25, 0.3) is 0 Å². The second kappa shape index (κ2) is 5.31. The van der Waals surface area contributed by atoms with Crippen molar-refractivity contribution in [2.45, 2.75) is 59.0 Å². The van der Waals surface area contributed by atoms with Gasteiger partial charge in [-0.05, 0) is 37.8 Å². The van der Waals surface area contributed by atoms with Crippen LogP contribution in [0.5, 0.6) is 5.75 Å². The minimum absolute atomic E-state index is 0.114. The second-order valence-electron chi connectivity index (χ2n) is 6.88. The fraction of sp³-hybridized carbons (Fsp3) is 0.625. The molecule has 2 heteroatoms. The maximum atomic E-state index is 5.44. The maximum absolute atomic E-state index is 5.44. The number of methoxy groups -OCH3 is 1. The first-order valence-corrected chi connectivity index (χ1v) is 6.56. The van der Waals surface area contributed by atoms with Gasteiger partial charge in [0.25, 0.3) is 0 Å². The van der Waals surface area contributed by atoms with Gasteiger partial charge in [-0.3, -0.25) is 0 Å². The van der Waals surface area contributed by atoms with Crippen LogP contribution >= 0.6 is 0 Å². The van der Waals surface area contributed by atoms with E-state index in [1.807, 2.05) is 0 Å². The third kappa shape index (κ3) is 4.34. The average molecular weight is 249 g/mol. The molecule has 0 saturated carbocycles. The number of ether oxygens (including phenoxy) is 1. The van der Waals surface area contributed by atoms with Crippen LogP contribution in [0.3, 0.4) is 0 Å². The van der Waals surface area contributed by atoms with Crippen molar-refractivity contribution in [1.29, 1.82) is 0 Å². The lowest BCUT2D eigenvalue weighted by atomic mass is 9.86. The first kappa shape index (κ1) is 15.0. The van der Waals surface area contributed by atoms with Gasteiger partial charge < -0.3 is 10.1 Å². The summed E-state index contributed by atoms with van der Waals surface area (Å²) in [6, 6.07) is 6.47. The lowest BCUT2D eigenvalue weighted by Crippen LogP contribution is -2.35. The zero-order chi connectivity index (χ0) is 14.0. The minimum Gasteiger partial charge on any atom is -0.496 e. The Morgan fingerprint density at radius 1 is 1.06 bits per heavy atom. The van der Waals surface area contributed by atoms with Crippen LogP contribution in [0.2, 0.25) is 0 Å². The molecule has 18 heavy (non-hydrogen) atoms. The van der Waals surface area contributed by atoms with Crippen molar-refractivity contribution in [3.8, 4) is 5.75 Å². The third-order valence-electron chi connectivity index (χ3n) is 2.96. The molecule has 0 heterocycles. The smallest absolute Gasteiger partial charge is 0.123 e. The predicted molar refractivity (Wildman–Crippen MR) is 78.3 cm³/mol. The first-order chi connectivity index (χ1) is 8.13. The average Bonchev–Trinajstić information content (AvgIpc) is 2.23. The number of benzene rings is 1. The summed E-state index contributed by atoms with van der Waals surface area (Å²) >= 11 is 0. The molecule has 0 atom stereocenters. The molecule has 0 aliphatic rings. The van der Waals surface area contributed by atoms with E-state index in [1.165, 1.54) is 11.1 Å². The molecule has 0 aliphatic heterocycles. The van der Waals surface area contributed by atoms with E-state index in [2.05, 4.69) is 65.1 Å². The zero-order valence-corrected chi connectivity index (χ0v) is 12.8. The van der Waals surface area contributed by atoms with Gasteiger partial charge in [-0.1, -0.05) is 32.9 Å². The summed E-state index contributed by atoms with van der Waals surface area (Å²) in [5, 5.41) is 3.51. The van der Waals surface area contributed by atoms with Crippen molar-refractivity contribution < 1.29 is 4.74 Å². The molecule has 0 unspecified atom stereocenters. The summed E-state index contributed by atoms with van der Waals surface area (Å²) in [5.41, 5.74) is 2.85. The van der Waals surface area contributed by atoms with Crippen molar-refractivity contribution >= 4 is 0 Å². The van der Waals surface area contributed by atoms with Gasteiger partial charge in [0.1, 0.15) is 5.75 Å². The molecule has 1 rings (SSSR count). The predicted octanol–water partition coefficient (Wildman–Crippen LogP) is 3.88. The summed E-state index contributed by atoms with van der Waals surface area (Å²) < 4.78 is 5.44. The van der Waals surface area contributed by atoms with Crippen LogP contribution in [0, 0.1) is 0 Å². The molecule has 0 radical (unpaired) electrons. The number of nitrogens with one attached hydrogen (secondary N) is 1. The maximum Gasteiger partial charge on any atom is 0.123 e. The lowest BCUT2D eigenvalue weighted by Gasteiger charge is -2.24. The number of rotatable bonds is 3.